The number of anilines is 1. The normalized spacial score (nSPS) is 18.5. The maximum Gasteiger partial charge on any atom is 0.269 e. The number of aliphatic imine (C=N–C) groups is 1. The fourth-order valence-corrected chi connectivity index (χ4v) is 4.48. The van der Waals surface area contributed by atoms with Crippen molar-refractivity contribution in [1.29, 1.82) is 0 Å². The van der Waals surface area contributed by atoms with Gasteiger partial charge in [0.25, 0.3) is 11.8 Å². The van der Waals surface area contributed by atoms with Crippen LogP contribution in [0.5, 0.6) is 5.88 Å². The SMILES string of the molecule is C[C@@H]1CCn2nc(-c3cn[nH]c3)c(C(=O)N[C@H]3N=C(c4ccccc4)c4cccc(F)c4NC3=O)c2O1. The third kappa shape index (κ3) is 4.03. The van der Waals surface area contributed by atoms with Crippen LogP contribution in [-0.4, -0.2) is 49.8 Å². The van der Waals surface area contributed by atoms with Crippen molar-refractivity contribution in [2.75, 3.05) is 5.32 Å². The zero-order valence-corrected chi connectivity index (χ0v) is 19.7. The topological polar surface area (TPSA) is 126 Å². The van der Waals surface area contributed by atoms with Crippen LogP contribution in [0, 0.1) is 5.82 Å². The molecule has 2 atom stereocenters. The van der Waals surface area contributed by atoms with Gasteiger partial charge in [-0.05, 0) is 13.0 Å². The second-order valence-corrected chi connectivity index (χ2v) is 8.83. The van der Waals surface area contributed by atoms with Crippen LogP contribution in [0.4, 0.5) is 10.1 Å². The van der Waals surface area contributed by atoms with Gasteiger partial charge in [-0.3, -0.25) is 14.7 Å². The van der Waals surface area contributed by atoms with Crippen molar-refractivity contribution in [2.24, 2.45) is 4.99 Å². The molecule has 0 saturated heterocycles. The van der Waals surface area contributed by atoms with Crippen LogP contribution >= 0.6 is 0 Å². The molecule has 0 bridgehead atoms. The van der Waals surface area contributed by atoms with Crippen molar-refractivity contribution >= 4 is 23.2 Å². The van der Waals surface area contributed by atoms with E-state index in [2.05, 4.69) is 30.9 Å². The molecule has 4 heterocycles. The Labute approximate surface area is 210 Å². The van der Waals surface area contributed by atoms with Gasteiger partial charge in [-0.15, -0.1) is 0 Å². The van der Waals surface area contributed by atoms with Crippen molar-refractivity contribution in [2.45, 2.75) is 32.2 Å². The highest BCUT2D eigenvalue weighted by molar-refractivity contribution is 6.20. The number of carbonyl (C=O) groups is 2. The minimum absolute atomic E-state index is 0.00556. The fraction of sp³-hybridized carbons (Fsp3) is 0.192. The summed E-state index contributed by atoms with van der Waals surface area (Å²) in [4.78, 5) is 31.5. The van der Waals surface area contributed by atoms with Crippen molar-refractivity contribution in [3.63, 3.8) is 0 Å². The summed E-state index contributed by atoms with van der Waals surface area (Å²) in [7, 11) is 0. The number of hydrogen-bond acceptors (Lipinski definition) is 6. The molecular formula is C26H22FN7O3. The highest BCUT2D eigenvalue weighted by Crippen LogP contribution is 2.34. The molecule has 186 valence electrons. The second kappa shape index (κ2) is 9.01. The number of amides is 2. The standard InChI is InChI=1S/C26H22FN7O3/c1-14-10-11-34-26(37-14)19(21(33-34)16-12-28-29-13-16)24(35)32-23-25(36)31-22-17(8-5-9-18(22)27)20(30-23)15-6-3-2-4-7-15/h2-9,12-14,23H,10-11H2,1H3,(H,28,29)(H,31,36)(H,32,35)/t14-,23-/m1/s1. The molecule has 2 amide bonds. The van der Waals surface area contributed by atoms with Crippen molar-refractivity contribution in [1.82, 2.24) is 25.3 Å². The number of ether oxygens (including phenoxy) is 1. The van der Waals surface area contributed by atoms with Crippen LogP contribution in [0.1, 0.15) is 34.8 Å². The maximum atomic E-state index is 14.8. The number of aromatic nitrogens is 4. The number of nitrogens with zero attached hydrogens (tertiary/aromatic N) is 4. The zero-order chi connectivity index (χ0) is 25.5. The molecule has 2 aliphatic heterocycles. The van der Waals surface area contributed by atoms with E-state index in [1.165, 1.54) is 6.07 Å². The lowest BCUT2D eigenvalue weighted by atomic mass is 10.0. The molecule has 2 aliphatic rings. The van der Waals surface area contributed by atoms with Crippen LogP contribution in [-0.2, 0) is 11.3 Å². The Morgan fingerprint density at radius 1 is 1.16 bits per heavy atom. The number of H-pyrrole nitrogens is 1. The molecule has 37 heavy (non-hydrogen) atoms. The first-order valence-electron chi connectivity index (χ1n) is 11.8. The van der Waals surface area contributed by atoms with Gasteiger partial charge < -0.3 is 15.4 Å². The Morgan fingerprint density at radius 3 is 2.78 bits per heavy atom. The quantitative estimate of drug-likeness (QED) is 0.398. The van der Waals surface area contributed by atoms with Gasteiger partial charge in [0, 0.05) is 35.9 Å². The van der Waals surface area contributed by atoms with Crippen LogP contribution in [0.25, 0.3) is 11.3 Å². The summed E-state index contributed by atoms with van der Waals surface area (Å²) < 4.78 is 22.4. The van der Waals surface area contributed by atoms with Crippen LogP contribution in [0.3, 0.4) is 0 Å². The molecule has 6 rings (SSSR count). The van der Waals surface area contributed by atoms with Crippen molar-refractivity contribution < 1.29 is 18.7 Å². The van der Waals surface area contributed by atoms with Gasteiger partial charge in [0.2, 0.25) is 12.0 Å². The van der Waals surface area contributed by atoms with E-state index in [1.54, 1.807) is 29.2 Å². The molecule has 11 heteroatoms. The Morgan fingerprint density at radius 2 is 2.00 bits per heavy atom. The largest absolute Gasteiger partial charge is 0.474 e. The number of aromatic amines is 1. The van der Waals surface area contributed by atoms with Gasteiger partial charge >= 0.3 is 0 Å². The summed E-state index contributed by atoms with van der Waals surface area (Å²) >= 11 is 0. The molecule has 0 unspecified atom stereocenters. The van der Waals surface area contributed by atoms with Gasteiger partial charge in [0.1, 0.15) is 17.1 Å². The summed E-state index contributed by atoms with van der Waals surface area (Å²) in [5.74, 6) is -1.57. The second-order valence-electron chi connectivity index (χ2n) is 8.83. The molecule has 3 N–H and O–H groups in total. The average molecular weight is 500 g/mol. The first-order chi connectivity index (χ1) is 18.0. The molecule has 2 aromatic carbocycles. The minimum Gasteiger partial charge on any atom is -0.474 e. The van der Waals surface area contributed by atoms with E-state index in [0.717, 1.165) is 6.42 Å². The van der Waals surface area contributed by atoms with Gasteiger partial charge in [0.05, 0.1) is 23.7 Å². The number of benzodiazepines with no additional fused rings is 1. The predicted octanol–water partition coefficient (Wildman–Crippen LogP) is 3.13. The van der Waals surface area contributed by atoms with E-state index in [-0.39, 0.29) is 17.4 Å². The van der Waals surface area contributed by atoms with Gasteiger partial charge in [-0.2, -0.15) is 10.2 Å². The van der Waals surface area contributed by atoms with E-state index in [1.807, 2.05) is 37.3 Å². The Bertz CT molecular complexity index is 1530. The van der Waals surface area contributed by atoms with E-state index >= 15 is 0 Å². The molecule has 0 saturated carbocycles. The molecular weight excluding hydrogens is 477 g/mol. The number of aryl methyl sites for hydroxylation is 1. The fourth-order valence-electron chi connectivity index (χ4n) is 4.48. The number of halogens is 1. The molecule has 4 aromatic rings. The third-order valence-electron chi connectivity index (χ3n) is 6.30. The summed E-state index contributed by atoms with van der Waals surface area (Å²) in [6.45, 7) is 2.49. The summed E-state index contributed by atoms with van der Waals surface area (Å²) in [5, 5.41) is 16.6. The van der Waals surface area contributed by atoms with Gasteiger partial charge in [0.15, 0.2) is 0 Å². The average Bonchev–Trinajstić information content (AvgIpc) is 3.53. The number of hydrogen-bond donors (Lipinski definition) is 3. The van der Waals surface area contributed by atoms with Gasteiger partial charge in [-0.1, -0.05) is 42.5 Å². The van der Waals surface area contributed by atoms with Gasteiger partial charge in [-0.25, -0.2) is 14.1 Å². The number of carbonyl (C=O) groups excluding carboxylic acids is 2. The number of para-hydroxylation sites is 1. The first kappa shape index (κ1) is 22.7. The predicted molar refractivity (Wildman–Crippen MR) is 133 cm³/mol. The van der Waals surface area contributed by atoms with Crippen LogP contribution in [0.15, 0.2) is 65.9 Å². The first-order valence-corrected chi connectivity index (χ1v) is 11.8. The van der Waals surface area contributed by atoms with E-state index in [4.69, 9.17) is 4.74 Å². The number of benzene rings is 2. The van der Waals surface area contributed by atoms with E-state index < -0.39 is 23.8 Å². The highest BCUT2D eigenvalue weighted by atomic mass is 19.1. The number of nitrogens with one attached hydrogen (secondary N) is 3. The van der Waals surface area contributed by atoms with Crippen LogP contribution < -0.4 is 15.4 Å². The maximum absolute atomic E-state index is 14.8. The lowest BCUT2D eigenvalue weighted by molar-refractivity contribution is -0.117. The third-order valence-corrected chi connectivity index (χ3v) is 6.30. The van der Waals surface area contributed by atoms with Crippen LogP contribution in [0.2, 0.25) is 0 Å². The number of rotatable bonds is 4. The smallest absolute Gasteiger partial charge is 0.269 e. The molecule has 0 spiro atoms. The molecule has 2 aromatic heterocycles. The Hall–Kier alpha value is -4.80. The highest BCUT2D eigenvalue weighted by Gasteiger charge is 2.34. The summed E-state index contributed by atoms with van der Waals surface area (Å²) in [6, 6.07) is 13.6. The molecule has 0 radical (unpaired) electrons. The molecule has 0 fully saturated rings. The molecule has 10 nitrogen and oxygen atoms in total. The monoisotopic (exact) mass is 499 g/mol. The number of fused-ring (bicyclic) bond motifs is 2. The Balaban J connectivity index is 1.42. The van der Waals surface area contributed by atoms with Crippen molar-refractivity contribution in [3.8, 4) is 17.1 Å². The lowest BCUT2D eigenvalue weighted by Gasteiger charge is -2.22. The lowest BCUT2D eigenvalue weighted by Crippen LogP contribution is -2.42. The Kier molecular flexibility index (Phi) is 5.52. The van der Waals surface area contributed by atoms with E-state index in [0.29, 0.717) is 40.5 Å². The van der Waals surface area contributed by atoms with E-state index in [9.17, 15) is 14.0 Å². The summed E-state index contributed by atoms with van der Waals surface area (Å²) in [5.41, 5.74) is 2.59. The van der Waals surface area contributed by atoms with Crippen molar-refractivity contribution in [3.05, 3.63) is 83.4 Å². The summed E-state index contributed by atoms with van der Waals surface area (Å²) in [6.07, 6.45) is 2.45. The zero-order valence-electron chi connectivity index (χ0n) is 19.7. The molecule has 0 aliphatic carbocycles. The minimum atomic E-state index is -1.34.